The van der Waals surface area contributed by atoms with E-state index in [2.05, 4.69) is 32.0 Å². The summed E-state index contributed by atoms with van der Waals surface area (Å²) in [6.45, 7) is 10.2. The maximum Gasteiger partial charge on any atom is 0.0778 e. The Bertz CT molecular complexity index is 193. The fraction of sp³-hybridized carbons (Fsp3) is 0.846. The second-order valence-electron chi connectivity index (χ2n) is 4.24. The number of ether oxygens (including phenoxy) is 1. The smallest absolute Gasteiger partial charge is 0.0778 e. The van der Waals surface area contributed by atoms with Gasteiger partial charge in [0.2, 0.25) is 0 Å². The molecule has 0 heterocycles. The summed E-state index contributed by atoms with van der Waals surface area (Å²) >= 11 is 0. The van der Waals surface area contributed by atoms with Crippen LogP contribution in [0.5, 0.6) is 0 Å². The summed E-state index contributed by atoms with van der Waals surface area (Å²) < 4.78 is 5.76. The Morgan fingerprint density at radius 3 is 2.53 bits per heavy atom. The summed E-state index contributed by atoms with van der Waals surface area (Å²) in [5.41, 5.74) is -0.112. The van der Waals surface area contributed by atoms with Gasteiger partial charge in [-0.1, -0.05) is 6.92 Å². The number of likely N-dealkylation sites (N-methyl/N-ethyl adjacent to an activating group) is 1. The number of unbranched alkanes of at least 4 members (excludes halogenated alkanes) is 1. The Morgan fingerprint density at radius 1 is 1.40 bits per heavy atom. The third kappa shape index (κ3) is 5.81. The minimum atomic E-state index is -0.112. The summed E-state index contributed by atoms with van der Waals surface area (Å²) in [7, 11) is 0. The SMILES string of the molecule is C#CCCCC(NCC)C(C)(C)OCC. The Balaban J connectivity index is 4.17. The highest BCUT2D eigenvalue weighted by molar-refractivity contribution is 4.88. The number of terminal acetylenes is 1. The van der Waals surface area contributed by atoms with Crippen LogP contribution >= 0.6 is 0 Å². The van der Waals surface area contributed by atoms with Crippen LogP contribution in [0.3, 0.4) is 0 Å². The molecule has 2 heteroatoms. The zero-order valence-corrected chi connectivity index (χ0v) is 10.6. The summed E-state index contributed by atoms with van der Waals surface area (Å²) in [6.07, 6.45) is 8.24. The van der Waals surface area contributed by atoms with E-state index in [4.69, 9.17) is 11.2 Å². The molecule has 88 valence electrons. The van der Waals surface area contributed by atoms with Crippen molar-refractivity contribution in [3.63, 3.8) is 0 Å². The topological polar surface area (TPSA) is 21.3 Å². The first-order chi connectivity index (χ1) is 7.08. The number of rotatable bonds is 8. The molecular weight excluding hydrogens is 186 g/mol. The predicted octanol–water partition coefficient (Wildman–Crippen LogP) is 2.58. The molecule has 2 nitrogen and oxygen atoms in total. The summed E-state index contributed by atoms with van der Waals surface area (Å²) in [4.78, 5) is 0. The van der Waals surface area contributed by atoms with Crippen LogP contribution in [-0.2, 0) is 4.74 Å². The first-order valence-corrected chi connectivity index (χ1v) is 5.89. The standard InChI is InChI=1S/C13H25NO/c1-6-9-10-11-12(14-7-2)13(4,5)15-8-3/h1,12,14H,7-11H2,2-5H3. The van der Waals surface area contributed by atoms with E-state index in [1.54, 1.807) is 0 Å². The van der Waals surface area contributed by atoms with Gasteiger partial charge < -0.3 is 10.1 Å². The van der Waals surface area contributed by atoms with Gasteiger partial charge in [0.1, 0.15) is 0 Å². The lowest BCUT2D eigenvalue weighted by molar-refractivity contribution is -0.0400. The Hall–Kier alpha value is -0.520. The highest BCUT2D eigenvalue weighted by Gasteiger charge is 2.28. The predicted molar refractivity (Wildman–Crippen MR) is 65.9 cm³/mol. The quantitative estimate of drug-likeness (QED) is 0.492. The lowest BCUT2D eigenvalue weighted by atomic mass is 9.93. The molecule has 0 radical (unpaired) electrons. The van der Waals surface area contributed by atoms with Crippen molar-refractivity contribution in [2.75, 3.05) is 13.2 Å². The molecule has 0 aromatic carbocycles. The van der Waals surface area contributed by atoms with Gasteiger partial charge in [0, 0.05) is 19.1 Å². The average molecular weight is 211 g/mol. The molecule has 0 aromatic heterocycles. The van der Waals surface area contributed by atoms with Gasteiger partial charge in [-0.2, -0.15) is 0 Å². The van der Waals surface area contributed by atoms with Crippen LogP contribution in [0.15, 0.2) is 0 Å². The summed E-state index contributed by atoms with van der Waals surface area (Å²) in [5.74, 6) is 2.68. The first-order valence-electron chi connectivity index (χ1n) is 5.89. The van der Waals surface area contributed by atoms with Gasteiger partial charge in [-0.25, -0.2) is 0 Å². The molecule has 1 unspecified atom stereocenters. The monoisotopic (exact) mass is 211 g/mol. The Morgan fingerprint density at radius 2 is 2.07 bits per heavy atom. The molecule has 0 spiro atoms. The second-order valence-corrected chi connectivity index (χ2v) is 4.24. The maximum atomic E-state index is 5.76. The molecule has 1 atom stereocenters. The van der Waals surface area contributed by atoms with Crippen LogP contribution in [0, 0.1) is 12.3 Å². The van der Waals surface area contributed by atoms with Gasteiger partial charge in [-0.15, -0.1) is 12.3 Å². The zero-order valence-electron chi connectivity index (χ0n) is 10.6. The van der Waals surface area contributed by atoms with Gasteiger partial charge in [0.25, 0.3) is 0 Å². The van der Waals surface area contributed by atoms with Gasteiger partial charge in [-0.3, -0.25) is 0 Å². The fourth-order valence-corrected chi connectivity index (χ4v) is 1.82. The molecule has 0 saturated carbocycles. The molecule has 0 amide bonds. The average Bonchev–Trinajstić information content (AvgIpc) is 2.16. The summed E-state index contributed by atoms with van der Waals surface area (Å²) in [6, 6.07) is 0.385. The number of hydrogen-bond acceptors (Lipinski definition) is 2. The van der Waals surface area contributed by atoms with Crippen molar-refractivity contribution in [3.8, 4) is 12.3 Å². The van der Waals surface area contributed by atoms with E-state index in [9.17, 15) is 0 Å². The van der Waals surface area contributed by atoms with E-state index >= 15 is 0 Å². The van der Waals surface area contributed by atoms with Gasteiger partial charge in [0.05, 0.1) is 5.60 Å². The zero-order chi connectivity index (χ0) is 11.7. The van der Waals surface area contributed by atoms with Crippen LogP contribution < -0.4 is 5.32 Å². The van der Waals surface area contributed by atoms with E-state index in [1.807, 2.05) is 6.92 Å². The van der Waals surface area contributed by atoms with Crippen molar-refractivity contribution in [2.45, 2.75) is 58.6 Å². The molecular formula is C13H25NO. The Labute approximate surface area is 94.8 Å². The second kappa shape index (κ2) is 7.73. The van der Waals surface area contributed by atoms with Crippen LogP contribution in [0.2, 0.25) is 0 Å². The molecule has 0 aliphatic rings. The van der Waals surface area contributed by atoms with Crippen molar-refractivity contribution in [1.29, 1.82) is 0 Å². The molecule has 15 heavy (non-hydrogen) atoms. The van der Waals surface area contributed by atoms with Crippen LogP contribution in [0.1, 0.15) is 47.0 Å². The lowest BCUT2D eigenvalue weighted by Crippen LogP contribution is -2.48. The summed E-state index contributed by atoms with van der Waals surface area (Å²) in [5, 5.41) is 3.47. The van der Waals surface area contributed by atoms with E-state index in [1.165, 1.54) is 0 Å². The molecule has 0 aromatic rings. The molecule has 1 N–H and O–H groups in total. The van der Waals surface area contributed by atoms with Crippen molar-refractivity contribution < 1.29 is 4.74 Å². The van der Waals surface area contributed by atoms with E-state index in [0.717, 1.165) is 32.4 Å². The molecule has 0 saturated heterocycles. The minimum Gasteiger partial charge on any atom is -0.374 e. The van der Waals surface area contributed by atoms with Crippen molar-refractivity contribution in [1.82, 2.24) is 5.32 Å². The molecule has 0 bridgehead atoms. The van der Waals surface area contributed by atoms with Crippen LogP contribution in [0.4, 0.5) is 0 Å². The number of nitrogens with one attached hydrogen (secondary N) is 1. The third-order valence-corrected chi connectivity index (χ3v) is 2.62. The van der Waals surface area contributed by atoms with Crippen molar-refractivity contribution in [2.24, 2.45) is 0 Å². The van der Waals surface area contributed by atoms with Gasteiger partial charge in [0.15, 0.2) is 0 Å². The van der Waals surface area contributed by atoms with Crippen LogP contribution in [0.25, 0.3) is 0 Å². The minimum absolute atomic E-state index is 0.112. The van der Waals surface area contributed by atoms with Crippen LogP contribution in [-0.4, -0.2) is 24.8 Å². The molecule has 0 aliphatic heterocycles. The molecule has 0 rings (SSSR count). The van der Waals surface area contributed by atoms with Gasteiger partial charge >= 0.3 is 0 Å². The Kier molecular flexibility index (Phi) is 7.46. The van der Waals surface area contributed by atoms with E-state index < -0.39 is 0 Å². The van der Waals surface area contributed by atoms with Crippen molar-refractivity contribution in [3.05, 3.63) is 0 Å². The lowest BCUT2D eigenvalue weighted by Gasteiger charge is -2.34. The highest BCUT2D eigenvalue weighted by Crippen LogP contribution is 2.19. The first kappa shape index (κ1) is 14.5. The maximum absolute atomic E-state index is 5.76. The largest absolute Gasteiger partial charge is 0.374 e. The van der Waals surface area contributed by atoms with E-state index in [-0.39, 0.29) is 5.60 Å². The molecule has 0 fully saturated rings. The third-order valence-electron chi connectivity index (χ3n) is 2.62. The highest BCUT2D eigenvalue weighted by atomic mass is 16.5. The van der Waals surface area contributed by atoms with Gasteiger partial charge in [-0.05, 0) is 40.2 Å². The normalized spacial score (nSPS) is 13.5. The van der Waals surface area contributed by atoms with Crippen molar-refractivity contribution >= 4 is 0 Å². The van der Waals surface area contributed by atoms with E-state index in [0.29, 0.717) is 6.04 Å². The number of hydrogen-bond donors (Lipinski definition) is 1. The fourth-order valence-electron chi connectivity index (χ4n) is 1.82. The molecule has 0 aliphatic carbocycles.